The summed E-state index contributed by atoms with van der Waals surface area (Å²) >= 11 is 5.83. The molecule has 1 aromatic rings. The lowest BCUT2D eigenvalue weighted by atomic mass is 10.0. The van der Waals surface area contributed by atoms with Gasteiger partial charge in [0.1, 0.15) is 5.15 Å². The number of halogens is 1. The van der Waals surface area contributed by atoms with Crippen molar-refractivity contribution in [2.24, 2.45) is 5.92 Å². The highest BCUT2D eigenvalue weighted by atomic mass is 35.5. The fourth-order valence-corrected chi connectivity index (χ4v) is 2.30. The fraction of sp³-hybridized carbons (Fsp3) is 0.583. The molecule has 104 valence electrons. The number of rotatable bonds is 4. The van der Waals surface area contributed by atoms with Crippen LogP contribution in [0.4, 0.5) is 5.95 Å². The van der Waals surface area contributed by atoms with Gasteiger partial charge in [0.15, 0.2) is 0 Å². The lowest BCUT2D eigenvalue weighted by Gasteiger charge is -2.17. The highest BCUT2D eigenvalue weighted by Crippen LogP contribution is 2.16. The third-order valence-electron chi connectivity index (χ3n) is 2.94. The van der Waals surface area contributed by atoms with E-state index in [4.69, 9.17) is 16.3 Å². The van der Waals surface area contributed by atoms with Crippen molar-refractivity contribution in [3.8, 4) is 0 Å². The number of aromatic nitrogens is 2. The van der Waals surface area contributed by atoms with E-state index < -0.39 is 0 Å². The second-order valence-electron chi connectivity index (χ2n) is 4.45. The van der Waals surface area contributed by atoms with Gasteiger partial charge in [-0.2, -0.15) is 0 Å². The molecule has 1 saturated heterocycles. The molecule has 0 saturated carbocycles. The predicted octanol–water partition coefficient (Wildman–Crippen LogP) is 1.00. The number of ether oxygens (including phenoxy) is 1. The zero-order chi connectivity index (χ0) is 13.8. The largest absolute Gasteiger partial charge is 0.379 e. The molecule has 0 aliphatic carbocycles. The molecule has 2 N–H and O–H groups in total. The van der Waals surface area contributed by atoms with Crippen molar-refractivity contribution in [2.45, 2.75) is 19.9 Å². The SMILES string of the molecule is CCNC1COCC1C(=O)Nc1nc(C)cc(Cl)n1. The summed E-state index contributed by atoms with van der Waals surface area (Å²) in [5.74, 6) is -0.148. The van der Waals surface area contributed by atoms with Crippen LogP contribution in [0.3, 0.4) is 0 Å². The van der Waals surface area contributed by atoms with Crippen LogP contribution in [0.2, 0.25) is 5.15 Å². The second-order valence-corrected chi connectivity index (χ2v) is 4.84. The molecule has 1 fully saturated rings. The van der Waals surface area contributed by atoms with Crippen molar-refractivity contribution in [3.05, 3.63) is 16.9 Å². The third kappa shape index (κ3) is 3.62. The van der Waals surface area contributed by atoms with E-state index in [9.17, 15) is 4.79 Å². The van der Waals surface area contributed by atoms with Crippen molar-refractivity contribution in [1.29, 1.82) is 0 Å². The summed E-state index contributed by atoms with van der Waals surface area (Å²) in [4.78, 5) is 20.3. The lowest BCUT2D eigenvalue weighted by Crippen LogP contribution is -2.41. The first kappa shape index (κ1) is 14.2. The number of anilines is 1. The van der Waals surface area contributed by atoms with Gasteiger partial charge in [0, 0.05) is 11.7 Å². The van der Waals surface area contributed by atoms with E-state index in [-0.39, 0.29) is 23.8 Å². The average Bonchev–Trinajstić information content (AvgIpc) is 2.76. The fourth-order valence-electron chi connectivity index (χ4n) is 2.06. The van der Waals surface area contributed by atoms with Gasteiger partial charge in [-0.15, -0.1) is 0 Å². The molecule has 0 bridgehead atoms. The minimum atomic E-state index is -0.233. The minimum absolute atomic E-state index is 0.0327. The number of carbonyl (C=O) groups is 1. The summed E-state index contributed by atoms with van der Waals surface area (Å²) in [6, 6.07) is 1.67. The van der Waals surface area contributed by atoms with Crippen molar-refractivity contribution in [2.75, 3.05) is 25.1 Å². The van der Waals surface area contributed by atoms with Crippen LogP contribution in [0.5, 0.6) is 0 Å². The monoisotopic (exact) mass is 284 g/mol. The maximum Gasteiger partial charge on any atom is 0.233 e. The van der Waals surface area contributed by atoms with Crippen molar-refractivity contribution in [1.82, 2.24) is 15.3 Å². The van der Waals surface area contributed by atoms with Crippen LogP contribution < -0.4 is 10.6 Å². The van der Waals surface area contributed by atoms with Gasteiger partial charge < -0.3 is 10.1 Å². The topological polar surface area (TPSA) is 76.1 Å². The first-order valence-electron chi connectivity index (χ1n) is 6.23. The maximum absolute atomic E-state index is 12.2. The molecule has 2 unspecified atom stereocenters. The first-order valence-corrected chi connectivity index (χ1v) is 6.61. The van der Waals surface area contributed by atoms with Gasteiger partial charge in [0.2, 0.25) is 11.9 Å². The Morgan fingerprint density at radius 1 is 1.53 bits per heavy atom. The Kier molecular flexibility index (Phi) is 4.68. The average molecular weight is 285 g/mol. The Labute approximate surface area is 116 Å². The number of nitrogens with one attached hydrogen (secondary N) is 2. The zero-order valence-electron chi connectivity index (χ0n) is 10.9. The van der Waals surface area contributed by atoms with E-state index in [0.717, 1.165) is 6.54 Å². The van der Waals surface area contributed by atoms with E-state index in [1.807, 2.05) is 6.92 Å². The Hall–Kier alpha value is -1.24. The van der Waals surface area contributed by atoms with Gasteiger partial charge in [-0.3, -0.25) is 10.1 Å². The van der Waals surface area contributed by atoms with Crippen molar-refractivity contribution in [3.63, 3.8) is 0 Å². The molecule has 19 heavy (non-hydrogen) atoms. The number of nitrogens with zero attached hydrogens (tertiary/aromatic N) is 2. The van der Waals surface area contributed by atoms with E-state index in [1.54, 1.807) is 13.0 Å². The number of carbonyl (C=O) groups excluding carboxylic acids is 1. The van der Waals surface area contributed by atoms with Crippen LogP contribution in [0.25, 0.3) is 0 Å². The van der Waals surface area contributed by atoms with E-state index in [2.05, 4.69) is 20.6 Å². The van der Waals surface area contributed by atoms with Gasteiger partial charge in [0.25, 0.3) is 0 Å². The molecule has 2 rings (SSSR count). The summed E-state index contributed by atoms with van der Waals surface area (Å²) in [5.41, 5.74) is 0.709. The molecule has 1 aliphatic heterocycles. The quantitative estimate of drug-likeness (QED) is 0.807. The number of hydrogen-bond donors (Lipinski definition) is 2. The minimum Gasteiger partial charge on any atom is -0.379 e. The molecule has 7 heteroatoms. The van der Waals surface area contributed by atoms with Crippen LogP contribution in [0.15, 0.2) is 6.07 Å². The van der Waals surface area contributed by atoms with E-state index in [1.165, 1.54) is 0 Å². The molecule has 2 heterocycles. The Balaban J connectivity index is 2.04. The van der Waals surface area contributed by atoms with Gasteiger partial charge >= 0.3 is 0 Å². The summed E-state index contributed by atoms with van der Waals surface area (Å²) in [7, 11) is 0. The summed E-state index contributed by atoms with van der Waals surface area (Å²) in [5, 5.41) is 6.23. The number of likely N-dealkylation sites (N-methyl/N-ethyl adjacent to an activating group) is 1. The molecule has 0 radical (unpaired) electrons. The first-order chi connectivity index (χ1) is 9.10. The standard InChI is InChI=1S/C12H17ClN4O2/c1-3-14-9-6-19-5-8(9)11(18)17-12-15-7(2)4-10(13)16-12/h4,8-9,14H,3,5-6H2,1-2H3,(H,15,16,17,18). The zero-order valence-corrected chi connectivity index (χ0v) is 11.7. The molecule has 1 amide bonds. The summed E-state index contributed by atoms with van der Waals surface area (Å²) < 4.78 is 5.34. The maximum atomic E-state index is 12.2. The molecule has 6 nitrogen and oxygen atoms in total. The normalized spacial score (nSPS) is 22.5. The molecule has 0 spiro atoms. The smallest absolute Gasteiger partial charge is 0.233 e. The predicted molar refractivity (Wildman–Crippen MR) is 72.2 cm³/mol. The van der Waals surface area contributed by atoms with Gasteiger partial charge in [-0.1, -0.05) is 18.5 Å². The van der Waals surface area contributed by atoms with Crippen LogP contribution in [0, 0.1) is 12.8 Å². The van der Waals surface area contributed by atoms with Crippen molar-refractivity contribution < 1.29 is 9.53 Å². The van der Waals surface area contributed by atoms with Crippen molar-refractivity contribution >= 4 is 23.5 Å². The van der Waals surface area contributed by atoms with Gasteiger partial charge in [0.05, 0.1) is 19.1 Å². The number of hydrogen-bond acceptors (Lipinski definition) is 5. The van der Waals surface area contributed by atoms with Gasteiger partial charge in [-0.05, 0) is 19.5 Å². The van der Waals surface area contributed by atoms with Crippen LogP contribution in [0.1, 0.15) is 12.6 Å². The van der Waals surface area contributed by atoms with Crippen LogP contribution in [-0.2, 0) is 9.53 Å². The number of aryl methyl sites for hydroxylation is 1. The Morgan fingerprint density at radius 2 is 2.32 bits per heavy atom. The molecule has 1 aromatic heterocycles. The Bertz CT molecular complexity index is 449. The molecule has 0 aromatic carbocycles. The van der Waals surface area contributed by atoms with Gasteiger partial charge in [-0.25, -0.2) is 9.97 Å². The van der Waals surface area contributed by atoms with Crippen LogP contribution >= 0.6 is 11.6 Å². The molecule has 1 aliphatic rings. The second kappa shape index (κ2) is 6.27. The lowest BCUT2D eigenvalue weighted by molar-refractivity contribution is -0.120. The third-order valence-corrected chi connectivity index (χ3v) is 3.14. The molecular weight excluding hydrogens is 268 g/mol. The molecular formula is C12H17ClN4O2. The number of amides is 1. The summed E-state index contributed by atoms with van der Waals surface area (Å²) in [6.07, 6.45) is 0. The molecule has 2 atom stereocenters. The van der Waals surface area contributed by atoms with E-state index in [0.29, 0.717) is 24.1 Å². The van der Waals surface area contributed by atoms with E-state index >= 15 is 0 Å². The summed E-state index contributed by atoms with van der Waals surface area (Å²) in [6.45, 7) is 5.54. The van der Waals surface area contributed by atoms with Crippen LogP contribution in [-0.4, -0.2) is 41.7 Å². The Morgan fingerprint density at radius 3 is 3.00 bits per heavy atom. The highest BCUT2D eigenvalue weighted by molar-refractivity contribution is 6.29. The highest BCUT2D eigenvalue weighted by Gasteiger charge is 2.33.